The number of rotatable bonds is 4. The van der Waals surface area contributed by atoms with Gasteiger partial charge in [0.05, 0.1) is 17.5 Å². The van der Waals surface area contributed by atoms with Crippen molar-refractivity contribution in [2.24, 2.45) is 5.92 Å². The lowest BCUT2D eigenvalue weighted by Crippen LogP contribution is -2.21. The molecule has 0 spiro atoms. The summed E-state index contributed by atoms with van der Waals surface area (Å²) in [6.45, 7) is 3.76. The Kier molecular flexibility index (Phi) is 4.27. The molecule has 0 bridgehead atoms. The predicted molar refractivity (Wildman–Crippen MR) is 76.3 cm³/mol. The average molecular weight is 263 g/mol. The molecule has 0 saturated carbocycles. The van der Waals surface area contributed by atoms with Gasteiger partial charge in [0.1, 0.15) is 0 Å². The molecular weight excluding hydrogens is 242 g/mol. The molecule has 2 atom stereocenters. The van der Waals surface area contributed by atoms with Crippen molar-refractivity contribution in [3.05, 3.63) is 23.8 Å². The SMILES string of the molecule is CNC(=O)c1ccc(NCC2CCOC2C)c(N)c1. The Morgan fingerprint density at radius 3 is 2.89 bits per heavy atom. The van der Waals surface area contributed by atoms with Crippen molar-refractivity contribution in [2.45, 2.75) is 19.4 Å². The summed E-state index contributed by atoms with van der Waals surface area (Å²) in [5, 5.41) is 5.91. The number of nitrogens with one attached hydrogen (secondary N) is 2. The van der Waals surface area contributed by atoms with E-state index in [0.29, 0.717) is 23.3 Å². The molecule has 104 valence electrons. The number of amides is 1. The van der Waals surface area contributed by atoms with Gasteiger partial charge in [0.2, 0.25) is 0 Å². The van der Waals surface area contributed by atoms with Crippen LogP contribution in [0.15, 0.2) is 18.2 Å². The number of benzene rings is 1. The molecule has 1 aliphatic rings. The third-order valence-electron chi connectivity index (χ3n) is 3.63. The van der Waals surface area contributed by atoms with Gasteiger partial charge >= 0.3 is 0 Å². The molecule has 2 unspecified atom stereocenters. The molecule has 5 heteroatoms. The van der Waals surface area contributed by atoms with Crippen LogP contribution >= 0.6 is 0 Å². The van der Waals surface area contributed by atoms with Crippen LogP contribution in [0.4, 0.5) is 11.4 Å². The number of anilines is 2. The van der Waals surface area contributed by atoms with Gasteiger partial charge in [-0.25, -0.2) is 0 Å². The number of nitrogen functional groups attached to an aromatic ring is 1. The van der Waals surface area contributed by atoms with E-state index in [2.05, 4.69) is 17.6 Å². The Bertz CT molecular complexity index is 462. The van der Waals surface area contributed by atoms with E-state index in [1.807, 2.05) is 6.07 Å². The first-order chi connectivity index (χ1) is 9.11. The molecule has 19 heavy (non-hydrogen) atoms. The normalized spacial score (nSPS) is 22.2. The number of carbonyl (C=O) groups excluding carboxylic acids is 1. The summed E-state index contributed by atoms with van der Waals surface area (Å²) < 4.78 is 5.53. The minimum absolute atomic E-state index is 0.129. The van der Waals surface area contributed by atoms with E-state index >= 15 is 0 Å². The van der Waals surface area contributed by atoms with E-state index in [9.17, 15) is 4.79 Å². The molecule has 1 aromatic carbocycles. The molecule has 1 aromatic rings. The van der Waals surface area contributed by atoms with Gasteiger partial charge in [0, 0.05) is 31.7 Å². The van der Waals surface area contributed by atoms with E-state index in [0.717, 1.165) is 25.3 Å². The molecule has 5 nitrogen and oxygen atoms in total. The lowest BCUT2D eigenvalue weighted by Gasteiger charge is -2.17. The minimum Gasteiger partial charge on any atom is -0.397 e. The van der Waals surface area contributed by atoms with E-state index < -0.39 is 0 Å². The summed E-state index contributed by atoms with van der Waals surface area (Å²) >= 11 is 0. The van der Waals surface area contributed by atoms with Gasteiger partial charge in [-0.3, -0.25) is 4.79 Å². The lowest BCUT2D eigenvalue weighted by atomic mass is 10.0. The maximum absolute atomic E-state index is 11.5. The highest BCUT2D eigenvalue weighted by molar-refractivity contribution is 5.95. The van der Waals surface area contributed by atoms with Gasteiger partial charge in [-0.15, -0.1) is 0 Å². The zero-order valence-electron chi connectivity index (χ0n) is 11.4. The first kappa shape index (κ1) is 13.7. The van der Waals surface area contributed by atoms with Crippen LogP contribution in [0.2, 0.25) is 0 Å². The number of carbonyl (C=O) groups is 1. The molecule has 1 amide bonds. The third-order valence-corrected chi connectivity index (χ3v) is 3.63. The van der Waals surface area contributed by atoms with Gasteiger partial charge in [0.25, 0.3) is 5.91 Å². The fourth-order valence-electron chi connectivity index (χ4n) is 2.29. The second kappa shape index (κ2) is 5.93. The summed E-state index contributed by atoms with van der Waals surface area (Å²) in [7, 11) is 1.60. The fourth-order valence-corrected chi connectivity index (χ4v) is 2.29. The zero-order valence-corrected chi connectivity index (χ0v) is 11.4. The van der Waals surface area contributed by atoms with Crippen LogP contribution in [0.3, 0.4) is 0 Å². The van der Waals surface area contributed by atoms with Gasteiger partial charge in [-0.2, -0.15) is 0 Å². The van der Waals surface area contributed by atoms with Crippen molar-refractivity contribution in [1.82, 2.24) is 5.32 Å². The van der Waals surface area contributed by atoms with Crippen LogP contribution in [-0.4, -0.2) is 32.2 Å². The predicted octanol–water partition coefficient (Wildman–Crippen LogP) is 1.47. The molecule has 4 N–H and O–H groups in total. The standard InChI is InChI=1S/C14H21N3O2/c1-9-11(5-6-19-9)8-17-13-4-3-10(7-12(13)15)14(18)16-2/h3-4,7,9,11,17H,5-6,8,15H2,1-2H3,(H,16,18). The smallest absolute Gasteiger partial charge is 0.251 e. The Morgan fingerprint density at radius 1 is 1.53 bits per heavy atom. The topological polar surface area (TPSA) is 76.4 Å². The van der Waals surface area contributed by atoms with Gasteiger partial charge in [-0.05, 0) is 31.5 Å². The lowest BCUT2D eigenvalue weighted by molar-refractivity contribution is 0.0963. The number of ether oxygens (including phenoxy) is 1. The first-order valence-electron chi connectivity index (χ1n) is 6.59. The molecule has 1 aliphatic heterocycles. The van der Waals surface area contributed by atoms with Crippen LogP contribution in [0.5, 0.6) is 0 Å². The highest BCUT2D eigenvalue weighted by Gasteiger charge is 2.23. The van der Waals surface area contributed by atoms with Crippen molar-refractivity contribution >= 4 is 17.3 Å². The number of nitrogens with two attached hydrogens (primary N) is 1. The summed E-state index contributed by atoms with van der Waals surface area (Å²) in [6.07, 6.45) is 1.36. The molecule has 1 heterocycles. The molecule has 1 saturated heterocycles. The minimum atomic E-state index is -0.129. The van der Waals surface area contributed by atoms with E-state index in [4.69, 9.17) is 10.5 Å². The molecule has 0 aromatic heterocycles. The van der Waals surface area contributed by atoms with Crippen LogP contribution < -0.4 is 16.4 Å². The maximum Gasteiger partial charge on any atom is 0.251 e. The summed E-state index contributed by atoms with van der Waals surface area (Å²) in [5.41, 5.74) is 7.99. The van der Waals surface area contributed by atoms with Gasteiger partial charge < -0.3 is 21.1 Å². The van der Waals surface area contributed by atoms with E-state index in [1.165, 1.54) is 0 Å². The highest BCUT2D eigenvalue weighted by atomic mass is 16.5. The number of hydrogen-bond acceptors (Lipinski definition) is 4. The molecule has 0 aliphatic carbocycles. The quantitative estimate of drug-likeness (QED) is 0.719. The fraction of sp³-hybridized carbons (Fsp3) is 0.500. The Balaban J connectivity index is 1.99. The van der Waals surface area contributed by atoms with Gasteiger partial charge in [0.15, 0.2) is 0 Å². The molecule has 0 radical (unpaired) electrons. The maximum atomic E-state index is 11.5. The summed E-state index contributed by atoms with van der Waals surface area (Å²) in [6, 6.07) is 5.31. The van der Waals surface area contributed by atoms with Crippen molar-refractivity contribution < 1.29 is 9.53 Å². The third kappa shape index (κ3) is 3.17. The zero-order chi connectivity index (χ0) is 13.8. The summed E-state index contributed by atoms with van der Waals surface area (Å²) in [4.78, 5) is 11.5. The largest absolute Gasteiger partial charge is 0.397 e. The van der Waals surface area contributed by atoms with Crippen LogP contribution in [0.1, 0.15) is 23.7 Å². The Morgan fingerprint density at radius 2 is 2.32 bits per heavy atom. The van der Waals surface area contributed by atoms with Crippen molar-refractivity contribution in [1.29, 1.82) is 0 Å². The molecule has 1 fully saturated rings. The van der Waals surface area contributed by atoms with E-state index in [-0.39, 0.29) is 5.91 Å². The summed E-state index contributed by atoms with van der Waals surface area (Å²) in [5.74, 6) is 0.383. The van der Waals surface area contributed by atoms with Crippen LogP contribution in [-0.2, 0) is 4.74 Å². The van der Waals surface area contributed by atoms with Crippen LogP contribution in [0, 0.1) is 5.92 Å². The number of hydrogen-bond donors (Lipinski definition) is 3. The molecule has 2 rings (SSSR count). The van der Waals surface area contributed by atoms with Gasteiger partial charge in [-0.1, -0.05) is 0 Å². The second-order valence-corrected chi connectivity index (χ2v) is 4.89. The van der Waals surface area contributed by atoms with E-state index in [1.54, 1.807) is 19.2 Å². The monoisotopic (exact) mass is 263 g/mol. The van der Waals surface area contributed by atoms with Crippen molar-refractivity contribution in [3.8, 4) is 0 Å². The average Bonchev–Trinajstić information content (AvgIpc) is 2.82. The molecular formula is C14H21N3O2. The van der Waals surface area contributed by atoms with Crippen molar-refractivity contribution in [2.75, 3.05) is 31.2 Å². The highest BCUT2D eigenvalue weighted by Crippen LogP contribution is 2.24. The Labute approximate surface area is 113 Å². The van der Waals surface area contributed by atoms with Crippen molar-refractivity contribution in [3.63, 3.8) is 0 Å². The first-order valence-corrected chi connectivity index (χ1v) is 6.59. The second-order valence-electron chi connectivity index (χ2n) is 4.89. The Hall–Kier alpha value is -1.75. The van der Waals surface area contributed by atoms with Crippen LogP contribution in [0.25, 0.3) is 0 Å².